The van der Waals surface area contributed by atoms with E-state index >= 15 is 0 Å². The zero-order chi connectivity index (χ0) is 29.5. The van der Waals surface area contributed by atoms with Crippen molar-refractivity contribution in [2.45, 2.75) is 0 Å². The Balaban J connectivity index is 1.18. The van der Waals surface area contributed by atoms with E-state index in [9.17, 15) is 0 Å². The van der Waals surface area contributed by atoms with Gasteiger partial charge in [-0.25, -0.2) is 4.98 Å². The smallest absolute Gasteiger partial charge is 0.155 e. The molecule has 7 aromatic carbocycles. The maximum Gasteiger partial charge on any atom is 0.155 e. The second-order valence-corrected chi connectivity index (χ2v) is 13.6. The van der Waals surface area contributed by atoms with E-state index in [-0.39, 0.29) is 0 Å². The van der Waals surface area contributed by atoms with E-state index in [0.29, 0.717) is 0 Å². The number of hydrogen-bond acceptors (Lipinski definition) is 3. The molecule has 0 radical (unpaired) electrons. The number of thiophene rings is 2. The summed E-state index contributed by atoms with van der Waals surface area (Å²) in [5.41, 5.74) is 4.42. The van der Waals surface area contributed by atoms with Crippen molar-refractivity contribution in [2.24, 2.45) is 0 Å². The van der Waals surface area contributed by atoms with Gasteiger partial charge in [0.05, 0.1) is 21.3 Å². The Morgan fingerprint density at radius 2 is 1.27 bits per heavy atom. The van der Waals surface area contributed by atoms with Crippen LogP contribution in [0.3, 0.4) is 0 Å². The highest BCUT2D eigenvalue weighted by molar-refractivity contribution is 7.25. The Kier molecular flexibility index (Phi) is 5.27. The van der Waals surface area contributed by atoms with Crippen LogP contribution in [0.4, 0.5) is 0 Å². The number of rotatable bonds is 4. The predicted molar refractivity (Wildman–Crippen MR) is 192 cm³/mol. The van der Waals surface area contributed by atoms with Crippen LogP contribution in [0.15, 0.2) is 133 Å². The molecule has 0 spiro atoms. The Bertz CT molecular complexity index is 2710. The first-order valence-corrected chi connectivity index (χ1v) is 16.6. The van der Waals surface area contributed by atoms with Crippen molar-refractivity contribution >= 4 is 76.8 Å². The summed E-state index contributed by atoms with van der Waals surface area (Å²) >= 11 is 3.64. The summed E-state index contributed by atoms with van der Waals surface area (Å²) in [5, 5.41) is 9.64. The minimum Gasteiger partial charge on any atom is -0.290 e. The SMILES string of the molecule is c1cc2ccc3cccc4c5nc(-c6ccc(-c7ccc(-c8ccc9ccccc9c8)s7)s6)n(-c6ccccc6)c5c(c#1)c2c34. The molecule has 3 aromatic heterocycles. The van der Waals surface area contributed by atoms with Crippen LogP contribution >= 0.6 is 22.7 Å². The molecule has 0 aliphatic carbocycles. The fraction of sp³-hybridized carbons (Fsp3) is 0. The van der Waals surface area contributed by atoms with Crippen molar-refractivity contribution < 1.29 is 0 Å². The first-order chi connectivity index (χ1) is 22.3. The van der Waals surface area contributed by atoms with E-state index in [4.69, 9.17) is 4.98 Å². The van der Waals surface area contributed by atoms with E-state index in [2.05, 4.69) is 144 Å². The van der Waals surface area contributed by atoms with E-state index in [0.717, 1.165) is 32.8 Å². The molecule has 0 aliphatic rings. The van der Waals surface area contributed by atoms with Gasteiger partial charge < -0.3 is 0 Å². The minimum absolute atomic E-state index is 0.948. The van der Waals surface area contributed by atoms with Gasteiger partial charge in [0.15, 0.2) is 5.82 Å². The quantitative estimate of drug-likeness (QED) is 0.195. The summed E-state index contributed by atoms with van der Waals surface area (Å²) in [7, 11) is 0. The molecule has 3 heterocycles. The van der Waals surface area contributed by atoms with Crippen LogP contribution in [0.25, 0.3) is 90.7 Å². The van der Waals surface area contributed by atoms with Gasteiger partial charge in [-0.1, -0.05) is 97.1 Å². The molecule has 0 aliphatic heterocycles. The summed E-state index contributed by atoms with van der Waals surface area (Å²) in [6.07, 6.45) is 0. The lowest BCUT2D eigenvalue weighted by Crippen LogP contribution is -1.97. The molecule has 0 bridgehead atoms. The number of fused-ring (bicyclic) bond motifs is 4. The van der Waals surface area contributed by atoms with Crippen LogP contribution in [-0.4, -0.2) is 9.55 Å². The Hall–Kier alpha value is -5.47. The third-order valence-electron chi connectivity index (χ3n) is 8.85. The molecular formula is C41H22N2S2. The van der Waals surface area contributed by atoms with Crippen LogP contribution < -0.4 is 0 Å². The van der Waals surface area contributed by atoms with Crippen molar-refractivity contribution in [1.29, 1.82) is 0 Å². The van der Waals surface area contributed by atoms with Crippen molar-refractivity contribution in [2.75, 3.05) is 0 Å². The van der Waals surface area contributed by atoms with E-state index in [1.54, 1.807) is 11.3 Å². The average Bonchev–Trinajstić information content (AvgIpc) is 3.87. The van der Waals surface area contributed by atoms with Crippen LogP contribution in [0.2, 0.25) is 0 Å². The Morgan fingerprint density at radius 1 is 0.556 bits per heavy atom. The number of benzene rings is 6. The van der Waals surface area contributed by atoms with Crippen LogP contribution in [-0.2, 0) is 0 Å². The highest BCUT2D eigenvalue weighted by Crippen LogP contribution is 2.45. The van der Waals surface area contributed by atoms with Gasteiger partial charge in [-0.2, -0.15) is 0 Å². The first-order valence-electron chi connectivity index (χ1n) is 15.0. The van der Waals surface area contributed by atoms with Gasteiger partial charge in [0.1, 0.15) is 0 Å². The summed E-state index contributed by atoms with van der Waals surface area (Å²) in [5.74, 6) is 0.948. The third-order valence-corrected chi connectivity index (χ3v) is 11.3. The molecule has 0 fully saturated rings. The second kappa shape index (κ2) is 9.51. The van der Waals surface area contributed by atoms with Gasteiger partial charge in [-0.05, 0) is 75.6 Å². The van der Waals surface area contributed by atoms with Crippen LogP contribution in [0, 0.1) is 12.1 Å². The largest absolute Gasteiger partial charge is 0.290 e. The molecule has 10 aromatic rings. The molecule has 0 saturated heterocycles. The number of hydrogen-bond donors (Lipinski definition) is 0. The van der Waals surface area contributed by atoms with E-state index in [1.807, 2.05) is 17.4 Å². The standard InChI is InChI=1S/C41H22N2S2/c1-2-12-30(13-3-1)43-40-32-15-7-11-27-18-17-26-10-6-14-31(37(26)38(27)32)39(40)42-41(43)36-23-22-35(45-36)34-21-20-33(44-34)29-19-16-25-8-4-5-9-28(25)24-29/h1-6,8-14,16-24H. The van der Waals surface area contributed by atoms with E-state index < -0.39 is 0 Å². The number of aromatic nitrogens is 2. The van der Waals surface area contributed by atoms with Gasteiger partial charge in [0, 0.05) is 36.5 Å². The van der Waals surface area contributed by atoms with Gasteiger partial charge in [-0.3, -0.25) is 4.57 Å². The van der Waals surface area contributed by atoms with Crippen molar-refractivity contribution in [3.63, 3.8) is 0 Å². The molecular weight excluding hydrogens is 585 g/mol. The molecule has 0 saturated carbocycles. The van der Waals surface area contributed by atoms with Crippen molar-refractivity contribution in [1.82, 2.24) is 9.55 Å². The highest BCUT2D eigenvalue weighted by atomic mass is 32.1. The van der Waals surface area contributed by atoms with Gasteiger partial charge >= 0.3 is 0 Å². The normalized spacial score (nSPS) is 11.8. The van der Waals surface area contributed by atoms with Gasteiger partial charge in [0.25, 0.3) is 0 Å². The zero-order valence-electron chi connectivity index (χ0n) is 23.9. The number of nitrogens with zero attached hydrogens (tertiary/aromatic N) is 2. The first kappa shape index (κ1) is 24.9. The molecule has 0 amide bonds. The summed E-state index contributed by atoms with van der Waals surface area (Å²) in [4.78, 5) is 10.4. The number of imidazole rings is 1. The lowest BCUT2D eigenvalue weighted by molar-refractivity contribution is 1.11. The zero-order valence-corrected chi connectivity index (χ0v) is 25.5. The fourth-order valence-electron chi connectivity index (χ4n) is 6.80. The highest BCUT2D eigenvalue weighted by Gasteiger charge is 2.23. The molecule has 4 heteroatoms. The third kappa shape index (κ3) is 3.72. The van der Waals surface area contributed by atoms with Crippen LogP contribution in [0.1, 0.15) is 0 Å². The number of para-hydroxylation sites is 1. The average molecular weight is 607 g/mol. The second-order valence-electron chi connectivity index (χ2n) is 11.4. The van der Waals surface area contributed by atoms with Crippen molar-refractivity contribution in [3.05, 3.63) is 146 Å². The summed E-state index contributed by atoms with van der Waals surface area (Å²) in [6.45, 7) is 0. The maximum atomic E-state index is 5.44. The molecule has 45 heavy (non-hydrogen) atoms. The lowest BCUT2D eigenvalue weighted by atomic mass is 9.94. The van der Waals surface area contributed by atoms with Crippen LogP contribution in [0.5, 0.6) is 0 Å². The van der Waals surface area contributed by atoms with E-state index in [1.165, 1.54) is 57.9 Å². The molecule has 10 rings (SSSR count). The molecule has 0 unspecified atom stereocenters. The Morgan fingerprint density at radius 3 is 2.16 bits per heavy atom. The molecule has 0 N–H and O–H groups in total. The monoisotopic (exact) mass is 606 g/mol. The molecule has 208 valence electrons. The lowest BCUT2D eigenvalue weighted by Gasteiger charge is -2.13. The maximum absolute atomic E-state index is 5.44. The Labute approximate surface area is 267 Å². The van der Waals surface area contributed by atoms with Gasteiger partial charge in [0.2, 0.25) is 0 Å². The summed E-state index contributed by atoms with van der Waals surface area (Å²) in [6, 6.07) is 54.7. The summed E-state index contributed by atoms with van der Waals surface area (Å²) < 4.78 is 2.33. The minimum atomic E-state index is 0.948. The van der Waals surface area contributed by atoms with Crippen molar-refractivity contribution in [3.8, 4) is 36.6 Å². The topological polar surface area (TPSA) is 17.8 Å². The molecule has 0 atom stereocenters. The predicted octanol–water partition coefficient (Wildman–Crippen LogP) is 11.8. The van der Waals surface area contributed by atoms with Gasteiger partial charge in [-0.15, -0.1) is 22.7 Å². The molecule has 2 nitrogen and oxygen atoms in total. The fourth-order valence-corrected chi connectivity index (χ4v) is 8.88.